The number of esters is 1. The molecule has 0 aliphatic rings. The summed E-state index contributed by atoms with van der Waals surface area (Å²) in [7, 11) is 0. The van der Waals surface area contributed by atoms with E-state index in [-0.39, 0.29) is 12.3 Å². The first-order chi connectivity index (χ1) is 13.0. The number of hydrogen-bond donors (Lipinski definition) is 2. The number of benzene rings is 1. The Bertz CT molecular complexity index is 793. The van der Waals surface area contributed by atoms with Crippen LogP contribution in [0, 0.1) is 6.92 Å². The molecule has 1 aromatic heterocycles. The van der Waals surface area contributed by atoms with Crippen LogP contribution in [0.5, 0.6) is 0 Å². The van der Waals surface area contributed by atoms with Crippen molar-refractivity contribution in [3.05, 3.63) is 47.3 Å². The van der Waals surface area contributed by atoms with Gasteiger partial charge in [0.15, 0.2) is 0 Å². The predicted molar refractivity (Wildman–Crippen MR) is 105 cm³/mol. The lowest BCUT2D eigenvalue weighted by atomic mass is 10.1. The molecule has 144 valence electrons. The zero-order valence-electron chi connectivity index (χ0n) is 16.0. The highest BCUT2D eigenvalue weighted by molar-refractivity contribution is 6.07. The van der Waals surface area contributed by atoms with Crippen LogP contribution < -0.4 is 10.6 Å². The van der Waals surface area contributed by atoms with Crippen LogP contribution in [0.15, 0.2) is 30.3 Å². The molecule has 1 amide bonds. The molecule has 0 aliphatic heterocycles. The molecule has 0 aliphatic carbocycles. The fraction of sp³-hybridized carbons (Fsp3) is 0.400. The lowest BCUT2D eigenvalue weighted by Crippen LogP contribution is -2.18. The van der Waals surface area contributed by atoms with Gasteiger partial charge in [0.1, 0.15) is 5.69 Å². The molecule has 1 aromatic carbocycles. The van der Waals surface area contributed by atoms with E-state index >= 15 is 0 Å². The second-order valence-corrected chi connectivity index (χ2v) is 6.07. The summed E-state index contributed by atoms with van der Waals surface area (Å²) in [6.07, 6.45) is 3.27. The standard InChI is InChI=1S/C20H26N4O3/c1-4-6-9-12-21-20-22-14(3)13-17(24-20)18(25)23-16-11-8-7-10-15(16)19(26)27-5-2/h7-8,10-11,13H,4-6,9,12H2,1-3H3,(H,23,25)(H,21,22,24). The third kappa shape index (κ3) is 6.06. The molecule has 0 atom stereocenters. The van der Waals surface area contributed by atoms with E-state index < -0.39 is 11.9 Å². The number of ether oxygens (including phenoxy) is 1. The zero-order valence-corrected chi connectivity index (χ0v) is 16.0. The van der Waals surface area contributed by atoms with Crippen LogP contribution >= 0.6 is 0 Å². The first-order valence-electron chi connectivity index (χ1n) is 9.22. The van der Waals surface area contributed by atoms with E-state index in [0.29, 0.717) is 22.9 Å². The second-order valence-electron chi connectivity index (χ2n) is 6.07. The summed E-state index contributed by atoms with van der Waals surface area (Å²) >= 11 is 0. The monoisotopic (exact) mass is 370 g/mol. The molecule has 0 unspecified atom stereocenters. The van der Waals surface area contributed by atoms with Crippen LogP contribution in [0.3, 0.4) is 0 Å². The van der Waals surface area contributed by atoms with Crippen LogP contribution in [0.25, 0.3) is 0 Å². The van der Waals surface area contributed by atoms with Gasteiger partial charge in [-0.2, -0.15) is 0 Å². The summed E-state index contributed by atoms with van der Waals surface area (Å²) < 4.78 is 5.03. The smallest absolute Gasteiger partial charge is 0.340 e. The molecule has 7 heteroatoms. The Morgan fingerprint density at radius 3 is 2.63 bits per heavy atom. The highest BCUT2D eigenvalue weighted by Crippen LogP contribution is 2.17. The molecule has 0 radical (unpaired) electrons. The summed E-state index contributed by atoms with van der Waals surface area (Å²) in [6.45, 7) is 6.70. The molecule has 0 spiro atoms. The number of aryl methyl sites for hydroxylation is 1. The predicted octanol–water partition coefficient (Wildman–Crippen LogP) is 3.82. The summed E-state index contributed by atoms with van der Waals surface area (Å²) in [4.78, 5) is 33.3. The summed E-state index contributed by atoms with van der Waals surface area (Å²) in [5.74, 6) is -0.464. The zero-order chi connectivity index (χ0) is 19.6. The number of rotatable bonds is 9. The van der Waals surface area contributed by atoms with Crippen molar-refractivity contribution in [2.75, 3.05) is 23.8 Å². The first kappa shape index (κ1) is 20.4. The molecule has 2 rings (SSSR count). The number of nitrogens with one attached hydrogen (secondary N) is 2. The number of carbonyl (C=O) groups excluding carboxylic acids is 2. The topological polar surface area (TPSA) is 93.2 Å². The van der Waals surface area contributed by atoms with Gasteiger partial charge in [-0.05, 0) is 38.5 Å². The fourth-order valence-electron chi connectivity index (χ4n) is 2.50. The van der Waals surface area contributed by atoms with Crippen LogP contribution in [0.1, 0.15) is 59.7 Å². The minimum atomic E-state index is -0.481. The lowest BCUT2D eigenvalue weighted by molar-refractivity contribution is 0.0527. The van der Waals surface area contributed by atoms with Crippen molar-refractivity contribution in [1.29, 1.82) is 0 Å². The van der Waals surface area contributed by atoms with Gasteiger partial charge in [0.05, 0.1) is 17.9 Å². The van der Waals surface area contributed by atoms with E-state index in [2.05, 4.69) is 27.5 Å². The maximum absolute atomic E-state index is 12.6. The third-order valence-corrected chi connectivity index (χ3v) is 3.82. The van der Waals surface area contributed by atoms with Crippen LogP contribution in [0.2, 0.25) is 0 Å². The van der Waals surface area contributed by atoms with Gasteiger partial charge < -0.3 is 15.4 Å². The average molecular weight is 370 g/mol. The number of para-hydroxylation sites is 1. The van der Waals surface area contributed by atoms with Crippen molar-refractivity contribution >= 4 is 23.5 Å². The Hall–Kier alpha value is -2.96. The lowest BCUT2D eigenvalue weighted by Gasteiger charge is -2.11. The molecule has 2 aromatic rings. The van der Waals surface area contributed by atoms with Gasteiger partial charge in [-0.1, -0.05) is 31.9 Å². The number of aromatic nitrogens is 2. The minimum absolute atomic E-state index is 0.235. The number of amides is 1. The molecule has 27 heavy (non-hydrogen) atoms. The summed E-state index contributed by atoms with van der Waals surface area (Å²) in [5.41, 5.74) is 1.61. The maximum Gasteiger partial charge on any atom is 0.340 e. The number of carbonyl (C=O) groups is 2. The molecule has 1 heterocycles. The minimum Gasteiger partial charge on any atom is -0.462 e. The number of anilines is 2. The van der Waals surface area contributed by atoms with Crippen LogP contribution in [0.4, 0.5) is 11.6 Å². The first-order valence-corrected chi connectivity index (χ1v) is 9.22. The average Bonchev–Trinajstić information content (AvgIpc) is 2.65. The van der Waals surface area contributed by atoms with E-state index in [0.717, 1.165) is 25.8 Å². The molecular weight excluding hydrogens is 344 g/mol. The Morgan fingerprint density at radius 1 is 1.11 bits per heavy atom. The van der Waals surface area contributed by atoms with E-state index in [1.807, 2.05) is 6.92 Å². The highest BCUT2D eigenvalue weighted by Gasteiger charge is 2.16. The fourth-order valence-corrected chi connectivity index (χ4v) is 2.50. The van der Waals surface area contributed by atoms with Gasteiger partial charge in [0.25, 0.3) is 5.91 Å². The van der Waals surface area contributed by atoms with Gasteiger partial charge in [-0.25, -0.2) is 14.8 Å². The Labute approximate surface area is 159 Å². The highest BCUT2D eigenvalue weighted by atomic mass is 16.5. The van der Waals surface area contributed by atoms with Gasteiger partial charge in [-0.3, -0.25) is 4.79 Å². The molecule has 0 saturated carbocycles. The Balaban J connectivity index is 2.14. The van der Waals surface area contributed by atoms with Crippen molar-refractivity contribution in [1.82, 2.24) is 9.97 Å². The number of hydrogen-bond acceptors (Lipinski definition) is 6. The molecule has 0 fully saturated rings. The molecular formula is C20H26N4O3. The molecule has 7 nitrogen and oxygen atoms in total. The van der Waals surface area contributed by atoms with Crippen molar-refractivity contribution in [3.8, 4) is 0 Å². The van der Waals surface area contributed by atoms with E-state index in [4.69, 9.17) is 4.74 Å². The normalized spacial score (nSPS) is 10.3. The number of unbranched alkanes of at least 4 members (excludes halogenated alkanes) is 2. The van der Waals surface area contributed by atoms with Crippen LogP contribution in [-0.4, -0.2) is 35.0 Å². The second kappa shape index (κ2) is 10.3. The Kier molecular flexibility index (Phi) is 7.73. The molecule has 0 saturated heterocycles. The third-order valence-electron chi connectivity index (χ3n) is 3.82. The van der Waals surface area contributed by atoms with E-state index in [1.165, 1.54) is 0 Å². The van der Waals surface area contributed by atoms with E-state index in [1.54, 1.807) is 37.3 Å². The van der Waals surface area contributed by atoms with Gasteiger partial charge >= 0.3 is 5.97 Å². The number of nitrogens with zero attached hydrogens (tertiary/aromatic N) is 2. The summed E-state index contributed by atoms with van der Waals surface area (Å²) in [6, 6.07) is 8.33. The van der Waals surface area contributed by atoms with Crippen molar-refractivity contribution in [3.63, 3.8) is 0 Å². The molecule has 2 N–H and O–H groups in total. The van der Waals surface area contributed by atoms with Crippen molar-refractivity contribution in [2.45, 2.75) is 40.0 Å². The summed E-state index contributed by atoms with van der Waals surface area (Å²) in [5, 5.41) is 5.89. The van der Waals surface area contributed by atoms with Crippen LogP contribution in [-0.2, 0) is 4.74 Å². The Morgan fingerprint density at radius 2 is 1.89 bits per heavy atom. The largest absolute Gasteiger partial charge is 0.462 e. The SMILES string of the molecule is CCCCCNc1nc(C)cc(C(=O)Nc2ccccc2C(=O)OCC)n1. The van der Waals surface area contributed by atoms with E-state index in [9.17, 15) is 9.59 Å². The van der Waals surface area contributed by atoms with Gasteiger partial charge in [-0.15, -0.1) is 0 Å². The maximum atomic E-state index is 12.6. The van der Waals surface area contributed by atoms with Gasteiger partial charge in [0, 0.05) is 12.2 Å². The van der Waals surface area contributed by atoms with Crippen molar-refractivity contribution in [2.24, 2.45) is 0 Å². The quantitative estimate of drug-likeness (QED) is 0.515. The van der Waals surface area contributed by atoms with Gasteiger partial charge in [0.2, 0.25) is 5.95 Å². The van der Waals surface area contributed by atoms with Crippen molar-refractivity contribution < 1.29 is 14.3 Å². The molecule has 0 bridgehead atoms.